The lowest BCUT2D eigenvalue weighted by atomic mass is 9.94. The zero-order valence-corrected chi connectivity index (χ0v) is 20.4. The van der Waals surface area contributed by atoms with Gasteiger partial charge in [0.1, 0.15) is 5.65 Å². The minimum absolute atomic E-state index is 0.0764. The van der Waals surface area contributed by atoms with Crippen LogP contribution in [-0.4, -0.2) is 14.2 Å². The van der Waals surface area contributed by atoms with Crippen LogP contribution >= 0.6 is 0 Å². The minimum atomic E-state index is 0.0764. The van der Waals surface area contributed by atoms with Gasteiger partial charge in [0.05, 0.1) is 16.6 Å². The fourth-order valence-corrected chi connectivity index (χ4v) is 5.87. The molecule has 172 valence electrons. The van der Waals surface area contributed by atoms with Gasteiger partial charge in [0, 0.05) is 18.5 Å². The Bertz CT molecular complexity index is 1360. The van der Waals surface area contributed by atoms with Crippen LogP contribution in [0.2, 0.25) is 0 Å². The Morgan fingerprint density at radius 2 is 1.61 bits per heavy atom. The Hall–Kier alpha value is -2.88. The highest BCUT2D eigenvalue weighted by Gasteiger charge is 2.20. The van der Waals surface area contributed by atoms with Crippen LogP contribution in [0.3, 0.4) is 0 Å². The molecule has 2 aromatic carbocycles. The summed E-state index contributed by atoms with van der Waals surface area (Å²) in [7, 11) is 0. The zero-order valence-electron chi connectivity index (χ0n) is 20.4. The molecule has 5 rings (SSSR count). The lowest BCUT2D eigenvalue weighted by molar-refractivity contribution is 0.574. The normalized spacial score (nSPS) is 15.4. The lowest BCUT2D eigenvalue weighted by Crippen LogP contribution is -2.22. The third-order valence-electron chi connectivity index (χ3n) is 7.66. The number of fused-ring (bicyclic) bond motifs is 3. The molecule has 0 saturated heterocycles. The summed E-state index contributed by atoms with van der Waals surface area (Å²) in [6.45, 7) is 9.29. The van der Waals surface area contributed by atoms with Gasteiger partial charge in [-0.15, -0.1) is 0 Å². The van der Waals surface area contributed by atoms with E-state index in [1.165, 1.54) is 60.8 Å². The summed E-state index contributed by atoms with van der Waals surface area (Å²) >= 11 is 0. The lowest BCUT2D eigenvalue weighted by Gasteiger charge is -2.13. The summed E-state index contributed by atoms with van der Waals surface area (Å²) in [6.07, 6.45) is 8.64. The summed E-state index contributed by atoms with van der Waals surface area (Å²) in [4.78, 5) is 13.4. The minimum Gasteiger partial charge on any atom is -0.293 e. The van der Waals surface area contributed by atoms with Crippen molar-refractivity contribution in [1.29, 1.82) is 0 Å². The quantitative estimate of drug-likeness (QED) is 0.321. The Morgan fingerprint density at radius 3 is 2.24 bits per heavy atom. The number of hydrogen-bond acceptors (Lipinski definition) is 2. The first kappa shape index (κ1) is 21.9. The largest absolute Gasteiger partial charge is 0.293 e. The predicted octanol–water partition coefficient (Wildman–Crippen LogP) is 6.95. The highest BCUT2D eigenvalue weighted by atomic mass is 16.1. The van der Waals surface area contributed by atoms with Gasteiger partial charge in [0.15, 0.2) is 0 Å². The third-order valence-corrected chi connectivity index (χ3v) is 7.66. The average Bonchev–Trinajstić information content (AvgIpc) is 3.06. The van der Waals surface area contributed by atoms with Crippen molar-refractivity contribution < 1.29 is 0 Å². The molecule has 0 N–H and O–H groups in total. The van der Waals surface area contributed by atoms with E-state index >= 15 is 0 Å². The van der Waals surface area contributed by atoms with Crippen molar-refractivity contribution in [1.82, 2.24) is 14.2 Å². The second-order valence-electron chi connectivity index (χ2n) is 9.75. The van der Waals surface area contributed by atoms with Crippen molar-refractivity contribution in [3.05, 3.63) is 69.1 Å². The van der Waals surface area contributed by atoms with E-state index in [0.29, 0.717) is 12.5 Å². The van der Waals surface area contributed by atoms with E-state index in [2.05, 4.69) is 51.1 Å². The van der Waals surface area contributed by atoms with E-state index in [1.807, 2.05) is 22.1 Å². The van der Waals surface area contributed by atoms with Crippen molar-refractivity contribution in [2.45, 2.75) is 85.1 Å². The van der Waals surface area contributed by atoms with Gasteiger partial charge in [-0.2, -0.15) is 5.10 Å². The molecule has 0 amide bonds. The highest BCUT2D eigenvalue weighted by molar-refractivity contribution is 5.86. The maximum Gasteiger partial charge on any atom is 0.261 e. The van der Waals surface area contributed by atoms with Crippen LogP contribution in [0.25, 0.3) is 27.7 Å². The molecule has 0 aliphatic heterocycles. The molecule has 1 aliphatic carbocycles. The van der Waals surface area contributed by atoms with Crippen LogP contribution < -0.4 is 5.56 Å². The molecule has 0 unspecified atom stereocenters. The second kappa shape index (κ2) is 8.81. The van der Waals surface area contributed by atoms with E-state index < -0.39 is 0 Å². The number of aromatic nitrogens is 3. The Balaban J connectivity index is 1.72. The number of rotatable bonds is 4. The van der Waals surface area contributed by atoms with E-state index in [1.54, 1.807) is 0 Å². The molecule has 0 radical (unpaired) electrons. The van der Waals surface area contributed by atoms with Crippen molar-refractivity contribution in [3.8, 4) is 11.1 Å². The molecule has 0 bridgehead atoms. The smallest absolute Gasteiger partial charge is 0.261 e. The number of benzene rings is 2. The fraction of sp³-hybridized carbons (Fsp3) is 0.448. The maximum absolute atomic E-state index is 13.4. The summed E-state index contributed by atoms with van der Waals surface area (Å²) in [5.74, 6) is 0.498. The zero-order chi connectivity index (χ0) is 23.1. The number of nitrogens with zero attached hydrogens (tertiary/aromatic N) is 3. The molecule has 4 heteroatoms. The highest BCUT2D eigenvalue weighted by Crippen LogP contribution is 2.33. The molecule has 0 atom stereocenters. The van der Waals surface area contributed by atoms with Gasteiger partial charge in [0.25, 0.3) is 5.56 Å². The van der Waals surface area contributed by atoms with Gasteiger partial charge >= 0.3 is 0 Å². The molecular weight excluding hydrogens is 406 g/mol. The molecule has 33 heavy (non-hydrogen) atoms. The molecule has 1 saturated carbocycles. The molecule has 2 aromatic heterocycles. The average molecular weight is 442 g/mol. The summed E-state index contributed by atoms with van der Waals surface area (Å²) in [5.41, 5.74) is 9.47. The molecular formula is C29H35N3O. The van der Waals surface area contributed by atoms with Crippen LogP contribution in [0.5, 0.6) is 0 Å². The first-order chi connectivity index (χ1) is 16.0. The predicted molar refractivity (Wildman–Crippen MR) is 137 cm³/mol. The van der Waals surface area contributed by atoms with Gasteiger partial charge in [-0.1, -0.05) is 50.8 Å². The molecule has 2 heterocycles. The second-order valence-corrected chi connectivity index (χ2v) is 9.75. The van der Waals surface area contributed by atoms with Crippen molar-refractivity contribution >= 4 is 16.6 Å². The molecule has 0 spiro atoms. The number of aryl methyl sites for hydroxylation is 3. The summed E-state index contributed by atoms with van der Waals surface area (Å²) in [5, 5.41) is 5.85. The standard InChI is InChI=1S/C29H35N3O/c1-5-24-19(3)15-23(16-20(24)4)22-13-14-25-27(17-22)32-28(31(6-2)29(25)33)18-26(30-32)21-11-9-7-8-10-12-21/h13-18,21H,5-12H2,1-4H3. The first-order valence-corrected chi connectivity index (χ1v) is 12.7. The van der Waals surface area contributed by atoms with Gasteiger partial charge < -0.3 is 0 Å². The Kier molecular flexibility index (Phi) is 5.86. The Morgan fingerprint density at radius 1 is 0.909 bits per heavy atom. The van der Waals surface area contributed by atoms with Crippen LogP contribution in [0.15, 0.2) is 41.2 Å². The van der Waals surface area contributed by atoms with E-state index in [9.17, 15) is 4.79 Å². The maximum atomic E-state index is 13.4. The Labute approximate surface area is 196 Å². The topological polar surface area (TPSA) is 39.3 Å². The van der Waals surface area contributed by atoms with Crippen LogP contribution in [0.4, 0.5) is 0 Å². The monoisotopic (exact) mass is 441 g/mol. The van der Waals surface area contributed by atoms with Crippen LogP contribution in [-0.2, 0) is 13.0 Å². The van der Waals surface area contributed by atoms with Gasteiger partial charge in [-0.25, -0.2) is 4.52 Å². The summed E-state index contributed by atoms with van der Waals surface area (Å²) < 4.78 is 3.91. The summed E-state index contributed by atoms with van der Waals surface area (Å²) in [6, 6.07) is 13.0. The van der Waals surface area contributed by atoms with Crippen LogP contribution in [0.1, 0.15) is 80.7 Å². The molecule has 1 aliphatic rings. The van der Waals surface area contributed by atoms with E-state index in [0.717, 1.165) is 34.2 Å². The molecule has 1 fully saturated rings. The van der Waals surface area contributed by atoms with Crippen molar-refractivity contribution in [2.24, 2.45) is 0 Å². The molecule has 4 nitrogen and oxygen atoms in total. The SMILES string of the molecule is CCc1c(C)cc(-c2ccc3c(=O)n(CC)c4cc(C5CCCCCC5)nn4c3c2)cc1C. The van der Waals surface area contributed by atoms with Crippen LogP contribution in [0, 0.1) is 13.8 Å². The van der Waals surface area contributed by atoms with E-state index in [-0.39, 0.29) is 5.56 Å². The third kappa shape index (κ3) is 3.80. The first-order valence-electron chi connectivity index (χ1n) is 12.7. The fourth-order valence-electron chi connectivity index (χ4n) is 5.87. The van der Waals surface area contributed by atoms with Crippen molar-refractivity contribution in [2.75, 3.05) is 0 Å². The molecule has 4 aromatic rings. The van der Waals surface area contributed by atoms with Gasteiger partial charge in [0.2, 0.25) is 0 Å². The van der Waals surface area contributed by atoms with E-state index in [4.69, 9.17) is 5.10 Å². The van der Waals surface area contributed by atoms with Gasteiger partial charge in [-0.3, -0.25) is 9.36 Å². The van der Waals surface area contributed by atoms with Gasteiger partial charge in [-0.05, 0) is 80.0 Å². The van der Waals surface area contributed by atoms with Crippen molar-refractivity contribution in [3.63, 3.8) is 0 Å². The number of hydrogen-bond donors (Lipinski definition) is 0.